The van der Waals surface area contributed by atoms with Crippen molar-refractivity contribution >= 4 is 29.3 Å². The highest BCUT2D eigenvalue weighted by atomic mass is 35.5. The highest BCUT2D eigenvalue weighted by Gasteiger charge is 2.35. The number of hydrogen-bond acceptors (Lipinski definition) is 8. The van der Waals surface area contributed by atoms with Gasteiger partial charge in [-0.2, -0.15) is 4.98 Å². The van der Waals surface area contributed by atoms with Crippen LogP contribution in [0.5, 0.6) is 17.2 Å². The average molecular weight is 533 g/mol. The van der Waals surface area contributed by atoms with E-state index >= 15 is 0 Å². The quantitative estimate of drug-likeness (QED) is 0.344. The molecule has 0 spiro atoms. The maximum atomic E-state index is 13.6. The molecule has 1 atom stereocenters. The normalized spacial score (nSPS) is 14.4. The summed E-state index contributed by atoms with van der Waals surface area (Å²) in [5, 5.41) is 11.5. The van der Waals surface area contributed by atoms with Crippen LogP contribution in [0.4, 0.5) is 11.8 Å². The predicted molar refractivity (Wildman–Crippen MR) is 144 cm³/mol. The van der Waals surface area contributed by atoms with Gasteiger partial charge in [0.2, 0.25) is 11.7 Å². The molecule has 5 rings (SSSR count). The summed E-state index contributed by atoms with van der Waals surface area (Å²) in [7, 11) is 4.63. The van der Waals surface area contributed by atoms with E-state index in [9.17, 15) is 4.79 Å². The Labute approximate surface area is 224 Å². The topological polar surface area (TPSA) is 112 Å². The van der Waals surface area contributed by atoms with Crippen LogP contribution in [0.1, 0.15) is 18.5 Å². The largest absolute Gasteiger partial charge is 0.493 e. The molecule has 0 aliphatic carbocycles. The summed E-state index contributed by atoms with van der Waals surface area (Å²) in [5.74, 6) is 2.42. The number of hydrogen-bond donors (Lipinski definition) is 2. The number of methoxy groups -OCH3 is 3. The van der Waals surface area contributed by atoms with E-state index in [0.717, 1.165) is 5.56 Å². The van der Waals surface area contributed by atoms with Gasteiger partial charge in [-0.1, -0.05) is 29.8 Å². The summed E-state index contributed by atoms with van der Waals surface area (Å²) in [6, 6.07) is 15.6. The first kappa shape index (κ1) is 25.1. The van der Waals surface area contributed by atoms with E-state index in [1.165, 1.54) is 0 Å². The lowest BCUT2D eigenvalue weighted by atomic mass is 9.95. The number of benzene rings is 2. The number of allylic oxidation sites excluding steroid dienone is 1. The molecular formula is C27H25ClN6O4. The van der Waals surface area contributed by atoms with E-state index in [-0.39, 0.29) is 5.91 Å². The molecule has 38 heavy (non-hydrogen) atoms. The molecule has 1 amide bonds. The van der Waals surface area contributed by atoms with Crippen LogP contribution in [-0.2, 0) is 4.79 Å². The number of anilines is 2. The van der Waals surface area contributed by atoms with Gasteiger partial charge in [0.05, 0.1) is 26.9 Å². The highest BCUT2D eigenvalue weighted by molar-refractivity contribution is 6.30. The number of carbonyl (C=O) groups is 1. The van der Waals surface area contributed by atoms with Gasteiger partial charge in [-0.3, -0.25) is 4.79 Å². The number of amides is 1. The molecule has 194 valence electrons. The van der Waals surface area contributed by atoms with E-state index in [0.29, 0.717) is 56.7 Å². The number of nitrogens with zero attached hydrogens (tertiary/aromatic N) is 4. The minimum atomic E-state index is -0.587. The molecule has 1 aliphatic rings. The third-order valence-electron chi connectivity index (χ3n) is 6.11. The summed E-state index contributed by atoms with van der Waals surface area (Å²) < 4.78 is 18.1. The standard InChI is InChI=1S/C27H25ClN6O4/c1-15-22(26(35)31-21-7-5-6-12-29-21)23(16-8-10-18(28)11-9-16)34-27(30-15)32-25(33-34)17-13-19(36-2)24(38-4)20(14-17)37-3/h5-14,23H,1-4H3,(H,29,31,35)(H,30,32,33). The van der Waals surface area contributed by atoms with E-state index in [2.05, 4.69) is 15.6 Å². The number of rotatable bonds is 7. The van der Waals surface area contributed by atoms with Crippen LogP contribution in [0.3, 0.4) is 0 Å². The molecule has 0 saturated heterocycles. The molecule has 1 unspecified atom stereocenters. The Morgan fingerprint density at radius 2 is 1.74 bits per heavy atom. The minimum Gasteiger partial charge on any atom is -0.493 e. The van der Waals surface area contributed by atoms with Gasteiger partial charge in [-0.25, -0.2) is 9.67 Å². The molecule has 4 aromatic rings. The van der Waals surface area contributed by atoms with Gasteiger partial charge in [-0.15, -0.1) is 5.10 Å². The Kier molecular flexibility index (Phi) is 6.89. The smallest absolute Gasteiger partial charge is 0.257 e. The van der Waals surface area contributed by atoms with Crippen LogP contribution in [0, 0.1) is 0 Å². The second-order valence-electron chi connectivity index (χ2n) is 8.40. The molecule has 2 aromatic carbocycles. The fourth-order valence-corrected chi connectivity index (χ4v) is 4.48. The maximum absolute atomic E-state index is 13.6. The fourth-order valence-electron chi connectivity index (χ4n) is 4.35. The van der Waals surface area contributed by atoms with Crippen molar-refractivity contribution in [1.29, 1.82) is 0 Å². The lowest BCUT2D eigenvalue weighted by Crippen LogP contribution is -2.31. The zero-order chi connectivity index (χ0) is 26.8. The lowest BCUT2D eigenvalue weighted by molar-refractivity contribution is -0.113. The third kappa shape index (κ3) is 4.61. The Balaban J connectivity index is 1.62. The molecule has 0 saturated carbocycles. The molecule has 2 N–H and O–H groups in total. The van der Waals surface area contributed by atoms with Gasteiger partial charge in [0, 0.05) is 22.5 Å². The molecule has 0 bridgehead atoms. The Morgan fingerprint density at radius 1 is 1.03 bits per heavy atom. The fraction of sp³-hybridized carbons (Fsp3) is 0.185. The highest BCUT2D eigenvalue weighted by Crippen LogP contribution is 2.42. The first-order valence-corrected chi connectivity index (χ1v) is 12.0. The minimum absolute atomic E-state index is 0.316. The average Bonchev–Trinajstić information content (AvgIpc) is 3.36. The zero-order valence-corrected chi connectivity index (χ0v) is 21.9. The van der Waals surface area contributed by atoms with Crippen molar-refractivity contribution in [3.8, 4) is 28.6 Å². The van der Waals surface area contributed by atoms with E-state index < -0.39 is 6.04 Å². The summed E-state index contributed by atoms with van der Waals surface area (Å²) in [4.78, 5) is 22.5. The van der Waals surface area contributed by atoms with Crippen LogP contribution in [0.25, 0.3) is 11.4 Å². The second kappa shape index (κ2) is 10.4. The van der Waals surface area contributed by atoms with Crippen molar-refractivity contribution in [2.75, 3.05) is 32.0 Å². The van der Waals surface area contributed by atoms with Crippen LogP contribution in [0.15, 0.2) is 72.1 Å². The Hall–Kier alpha value is -4.57. The summed E-state index contributed by atoms with van der Waals surface area (Å²) >= 11 is 6.17. The monoisotopic (exact) mass is 532 g/mol. The Bertz CT molecular complexity index is 1490. The van der Waals surface area contributed by atoms with Crippen molar-refractivity contribution in [2.45, 2.75) is 13.0 Å². The molecule has 3 heterocycles. The van der Waals surface area contributed by atoms with Crippen molar-refractivity contribution in [1.82, 2.24) is 19.7 Å². The van der Waals surface area contributed by atoms with Crippen molar-refractivity contribution < 1.29 is 19.0 Å². The SMILES string of the molecule is COc1cc(-c2nc3n(n2)C(c2ccc(Cl)cc2)C(C(=O)Nc2ccccn2)=C(C)N3)cc(OC)c1OC. The summed E-state index contributed by atoms with van der Waals surface area (Å²) in [6.07, 6.45) is 1.62. The summed E-state index contributed by atoms with van der Waals surface area (Å²) in [5.41, 5.74) is 2.56. The van der Waals surface area contributed by atoms with Gasteiger partial charge in [0.1, 0.15) is 11.9 Å². The number of pyridine rings is 1. The molecule has 10 nitrogen and oxygen atoms in total. The number of fused-ring (bicyclic) bond motifs is 1. The molecule has 1 aliphatic heterocycles. The number of carbonyl (C=O) groups excluding carboxylic acids is 1. The zero-order valence-electron chi connectivity index (χ0n) is 21.2. The first-order valence-electron chi connectivity index (χ1n) is 11.7. The van der Waals surface area contributed by atoms with Crippen LogP contribution in [0.2, 0.25) is 5.02 Å². The van der Waals surface area contributed by atoms with Gasteiger partial charge in [-0.05, 0) is 48.9 Å². The molecule has 2 aromatic heterocycles. The number of ether oxygens (including phenoxy) is 3. The van der Waals surface area contributed by atoms with Crippen molar-refractivity contribution in [2.24, 2.45) is 0 Å². The van der Waals surface area contributed by atoms with Crippen LogP contribution >= 0.6 is 11.6 Å². The lowest BCUT2D eigenvalue weighted by Gasteiger charge is -2.28. The van der Waals surface area contributed by atoms with E-state index in [1.807, 2.05) is 19.1 Å². The molecule has 0 fully saturated rings. The maximum Gasteiger partial charge on any atom is 0.257 e. The van der Waals surface area contributed by atoms with Crippen LogP contribution < -0.4 is 24.8 Å². The van der Waals surface area contributed by atoms with Gasteiger partial charge < -0.3 is 24.8 Å². The Morgan fingerprint density at radius 3 is 2.34 bits per heavy atom. The number of aromatic nitrogens is 4. The molecule has 11 heteroatoms. The van der Waals surface area contributed by atoms with Crippen molar-refractivity contribution in [3.05, 3.63) is 82.7 Å². The first-order chi connectivity index (χ1) is 18.4. The summed E-state index contributed by atoms with van der Waals surface area (Å²) in [6.45, 7) is 1.83. The van der Waals surface area contributed by atoms with Crippen molar-refractivity contribution in [3.63, 3.8) is 0 Å². The van der Waals surface area contributed by atoms with Crippen LogP contribution in [-0.4, -0.2) is 47.0 Å². The second-order valence-corrected chi connectivity index (χ2v) is 8.84. The van der Waals surface area contributed by atoms with E-state index in [4.69, 9.17) is 35.9 Å². The van der Waals surface area contributed by atoms with Gasteiger partial charge in [0.25, 0.3) is 5.91 Å². The number of nitrogens with one attached hydrogen (secondary N) is 2. The molecule has 0 radical (unpaired) electrons. The van der Waals surface area contributed by atoms with Gasteiger partial charge in [0.15, 0.2) is 17.3 Å². The van der Waals surface area contributed by atoms with Gasteiger partial charge >= 0.3 is 0 Å². The molecular weight excluding hydrogens is 508 g/mol. The van der Waals surface area contributed by atoms with E-state index in [1.54, 1.807) is 74.7 Å². The number of halogens is 1. The predicted octanol–water partition coefficient (Wildman–Crippen LogP) is 4.95. The third-order valence-corrected chi connectivity index (χ3v) is 6.36.